The van der Waals surface area contributed by atoms with E-state index in [-0.39, 0.29) is 5.82 Å². The molecule has 1 heterocycles. The molecule has 0 spiro atoms. The van der Waals surface area contributed by atoms with Crippen LogP contribution in [-0.2, 0) is 6.42 Å². The van der Waals surface area contributed by atoms with E-state index < -0.39 is 0 Å². The van der Waals surface area contributed by atoms with Gasteiger partial charge in [-0.3, -0.25) is 0 Å². The summed E-state index contributed by atoms with van der Waals surface area (Å²) in [7, 11) is 0. The summed E-state index contributed by atoms with van der Waals surface area (Å²) in [5.41, 5.74) is 1.57. The van der Waals surface area contributed by atoms with Crippen molar-refractivity contribution in [1.82, 2.24) is 4.98 Å². The molecule has 1 aromatic carbocycles. The van der Waals surface area contributed by atoms with Crippen molar-refractivity contribution in [2.45, 2.75) is 33.1 Å². The zero-order chi connectivity index (χ0) is 11.0. The topological polar surface area (TPSA) is 12.9 Å². The number of fused-ring (bicyclic) bond motifs is 1. The predicted octanol–water partition coefficient (Wildman–Crippen LogP) is 4.12. The quantitative estimate of drug-likeness (QED) is 0.746. The molecule has 0 unspecified atom stereocenters. The highest BCUT2D eigenvalue weighted by molar-refractivity contribution is 7.18. The van der Waals surface area contributed by atoms with Crippen molar-refractivity contribution in [3.05, 3.63) is 28.5 Å². The average Bonchev–Trinajstić information content (AvgIpc) is 2.61. The number of benzene rings is 1. The van der Waals surface area contributed by atoms with E-state index >= 15 is 0 Å². The molecule has 0 amide bonds. The monoisotopic (exact) mass is 223 g/mol. The maximum absolute atomic E-state index is 13.7. The zero-order valence-electron chi connectivity index (χ0n) is 9.17. The lowest BCUT2D eigenvalue weighted by molar-refractivity contribution is 0.634. The minimum Gasteiger partial charge on any atom is -0.238 e. The number of nitrogens with zero attached hydrogens (tertiary/aromatic N) is 1. The summed E-state index contributed by atoms with van der Waals surface area (Å²) in [6.07, 6.45) is 0.863. The van der Waals surface area contributed by atoms with Crippen LogP contribution in [0.15, 0.2) is 12.1 Å². The molecule has 0 saturated carbocycles. The van der Waals surface area contributed by atoms with E-state index in [4.69, 9.17) is 0 Å². The first kappa shape index (κ1) is 10.6. The Kier molecular flexibility index (Phi) is 2.74. The number of rotatable bonds is 2. The van der Waals surface area contributed by atoms with Crippen molar-refractivity contribution in [1.29, 1.82) is 0 Å². The molecule has 15 heavy (non-hydrogen) atoms. The summed E-state index contributed by atoms with van der Waals surface area (Å²) in [5.74, 6) is 0.180. The first-order valence-electron chi connectivity index (χ1n) is 5.20. The molecule has 80 valence electrons. The van der Waals surface area contributed by atoms with Crippen LogP contribution in [0.25, 0.3) is 10.2 Å². The standard InChI is InChI=1S/C12H14FNS/c1-4-8-5-9(13)11-10(6-8)15-12(14-11)7(2)3/h5-7H,4H2,1-3H3. The molecular weight excluding hydrogens is 209 g/mol. The minimum absolute atomic E-state index is 0.187. The fourth-order valence-corrected chi connectivity index (χ4v) is 2.56. The van der Waals surface area contributed by atoms with Crippen molar-refractivity contribution in [2.75, 3.05) is 0 Å². The van der Waals surface area contributed by atoms with Gasteiger partial charge >= 0.3 is 0 Å². The average molecular weight is 223 g/mol. The van der Waals surface area contributed by atoms with Crippen LogP contribution in [0.1, 0.15) is 37.3 Å². The number of hydrogen-bond acceptors (Lipinski definition) is 2. The maximum atomic E-state index is 13.7. The van der Waals surface area contributed by atoms with Gasteiger partial charge < -0.3 is 0 Å². The number of halogens is 1. The summed E-state index contributed by atoms with van der Waals surface area (Å²) < 4.78 is 14.6. The Morgan fingerprint density at radius 3 is 2.73 bits per heavy atom. The van der Waals surface area contributed by atoms with Crippen LogP contribution in [0.5, 0.6) is 0 Å². The van der Waals surface area contributed by atoms with E-state index in [2.05, 4.69) is 18.8 Å². The lowest BCUT2D eigenvalue weighted by atomic mass is 10.1. The van der Waals surface area contributed by atoms with Crippen molar-refractivity contribution < 1.29 is 4.39 Å². The van der Waals surface area contributed by atoms with Gasteiger partial charge in [0.15, 0.2) is 5.82 Å². The molecule has 2 rings (SSSR count). The Hall–Kier alpha value is -0.960. The van der Waals surface area contributed by atoms with Crippen LogP contribution in [-0.4, -0.2) is 4.98 Å². The molecule has 2 aromatic rings. The highest BCUT2D eigenvalue weighted by Gasteiger charge is 2.11. The number of aryl methyl sites for hydroxylation is 1. The molecule has 0 N–H and O–H groups in total. The second kappa shape index (κ2) is 3.89. The molecule has 0 bridgehead atoms. The van der Waals surface area contributed by atoms with E-state index in [0.717, 1.165) is 21.7 Å². The van der Waals surface area contributed by atoms with Crippen molar-refractivity contribution in [3.8, 4) is 0 Å². The molecule has 0 aliphatic carbocycles. The Morgan fingerprint density at radius 2 is 2.13 bits per heavy atom. The molecule has 0 aliphatic heterocycles. The van der Waals surface area contributed by atoms with Gasteiger partial charge in [-0.15, -0.1) is 11.3 Å². The van der Waals surface area contributed by atoms with Crippen molar-refractivity contribution in [2.24, 2.45) is 0 Å². The van der Waals surface area contributed by atoms with Crippen LogP contribution < -0.4 is 0 Å². The van der Waals surface area contributed by atoms with E-state index in [1.165, 1.54) is 0 Å². The van der Waals surface area contributed by atoms with E-state index in [1.54, 1.807) is 17.4 Å². The lowest BCUT2D eigenvalue weighted by Crippen LogP contribution is -1.86. The molecule has 1 aromatic heterocycles. The summed E-state index contributed by atoms with van der Waals surface area (Å²) >= 11 is 1.60. The number of aromatic nitrogens is 1. The number of thiazole rings is 1. The SMILES string of the molecule is CCc1cc(F)c2nc(C(C)C)sc2c1. The van der Waals surface area contributed by atoms with E-state index in [9.17, 15) is 4.39 Å². The second-order valence-corrected chi connectivity index (χ2v) is 5.05. The molecule has 1 nitrogen and oxygen atoms in total. The van der Waals surface area contributed by atoms with Crippen LogP contribution in [0.4, 0.5) is 4.39 Å². The third kappa shape index (κ3) is 1.88. The summed E-state index contributed by atoms with van der Waals surface area (Å²) in [4.78, 5) is 4.33. The fourth-order valence-electron chi connectivity index (χ4n) is 1.51. The van der Waals surface area contributed by atoms with Crippen LogP contribution in [0.2, 0.25) is 0 Å². The van der Waals surface area contributed by atoms with E-state index in [0.29, 0.717) is 11.4 Å². The number of hydrogen-bond donors (Lipinski definition) is 0. The second-order valence-electron chi connectivity index (χ2n) is 3.98. The van der Waals surface area contributed by atoms with Gasteiger partial charge in [0.05, 0.1) is 9.71 Å². The Morgan fingerprint density at radius 1 is 1.40 bits per heavy atom. The van der Waals surface area contributed by atoms with Gasteiger partial charge in [-0.25, -0.2) is 9.37 Å². The minimum atomic E-state index is -0.187. The maximum Gasteiger partial charge on any atom is 0.150 e. The fraction of sp³-hybridized carbons (Fsp3) is 0.417. The largest absolute Gasteiger partial charge is 0.238 e. The summed E-state index contributed by atoms with van der Waals surface area (Å²) in [6.45, 7) is 6.19. The Labute approximate surface area is 93.0 Å². The van der Waals surface area contributed by atoms with Gasteiger partial charge in [0.25, 0.3) is 0 Å². The van der Waals surface area contributed by atoms with Gasteiger partial charge in [0.2, 0.25) is 0 Å². The predicted molar refractivity (Wildman–Crippen MR) is 63.0 cm³/mol. The van der Waals surface area contributed by atoms with Gasteiger partial charge in [0, 0.05) is 5.92 Å². The van der Waals surface area contributed by atoms with Gasteiger partial charge in [0.1, 0.15) is 5.52 Å². The Bertz CT molecular complexity index is 488. The molecule has 0 radical (unpaired) electrons. The third-order valence-electron chi connectivity index (χ3n) is 2.43. The first-order valence-corrected chi connectivity index (χ1v) is 6.02. The smallest absolute Gasteiger partial charge is 0.150 e. The normalized spacial score (nSPS) is 11.5. The van der Waals surface area contributed by atoms with Gasteiger partial charge in [-0.05, 0) is 24.1 Å². The highest BCUT2D eigenvalue weighted by Crippen LogP contribution is 2.29. The van der Waals surface area contributed by atoms with Crippen molar-refractivity contribution in [3.63, 3.8) is 0 Å². The van der Waals surface area contributed by atoms with Gasteiger partial charge in [-0.1, -0.05) is 20.8 Å². The van der Waals surface area contributed by atoms with Crippen LogP contribution >= 0.6 is 11.3 Å². The third-order valence-corrected chi connectivity index (χ3v) is 3.73. The summed E-state index contributed by atoms with van der Waals surface area (Å²) in [5, 5.41) is 1.01. The highest BCUT2D eigenvalue weighted by atomic mass is 32.1. The summed E-state index contributed by atoms with van der Waals surface area (Å²) in [6, 6.07) is 3.63. The Balaban J connectivity index is 2.64. The molecule has 0 fully saturated rings. The van der Waals surface area contributed by atoms with Crippen LogP contribution in [0.3, 0.4) is 0 Å². The van der Waals surface area contributed by atoms with Crippen molar-refractivity contribution >= 4 is 21.6 Å². The van der Waals surface area contributed by atoms with E-state index in [1.807, 2.05) is 13.0 Å². The molecular formula is C12H14FNS. The molecule has 0 saturated heterocycles. The zero-order valence-corrected chi connectivity index (χ0v) is 9.99. The molecule has 0 atom stereocenters. The molecule has 0 aliphatic rings. The lowest BCUT2D eigenvalue weighted by Gasteiger charge is -1.96. The molecule has 3 heteroatoms. The van der Waals surface area contributed by atoms with Crippen LogP contribution in [0, 0.1) is 5.82 Å². The van der Waals surface area contributed by atoms with Gasteiger partial charge in [-0.2, -0.15) is 0 Å². The first-order chi connectivity index (χ1) is 7.11.